The lowest BCUT2D eigenvalue weighted by molar-refractivity contribution is -0.384. The molecule has 7 heteroatoms. The predicted molar refractivity (Wildman–Crippen MR) is 79.2 cm³/mol. The zero-order valence-corrected chi connectivity index (χ0v) is 11.6. The van der Waals surface area contributed by atoms with Crippen molar-refractivity contribution in [3.05, 3.63) is 75.6 Å². The molecule has 22 heavy (non-hydrogen) atoms. The van der Waals surface area contributed by atoms with Crippen LogP contribution in [0.15, 0.2) is 53.6 Å². The highest BCUT2D eigenvalue weighted by molar-refractivity contribution is 6.00. The third-order valence-corrected chi connectivity index (χ3v) is 2.91. The molecule has 2 aromatic carbocycles. The van der Waals surface area contributed by atoms with Crippen molar-refractivity contribution in [2.75, 3.05) is 0 Å². The summed E-state index contributed by atoms with van der Waals surface area (Å²) in [5.74, 6) is -1.05. The van der Waals surface area contributed by atoms with E-state index in [9.17, 15) is 19.3 Å². The minimum Gasteiger partial charge on any atom is -0.267 e. The predicted octanol–water partition coefficient (Wildman–Crippen LogP) is 2.89. The molecule has 0 aliphatic rings. The molecule has 6 nitrogen and oxygen atoms in total. The van der Waals surface area contributed by atoms with Gasteiger partial charge in [-0.25, -0.2) is 9.82 Å². The molecule has 0 aromatic heterocycles. The Kier molecular flexibility index (Phi) is 4.57. The van der Waals surface area contributed by atoms with Crippen molar-refractivity contribution >= 4 is 17.3 Å². The second kappa shape index (κ2) is 6.57. The Morgan fingerprint density at radius 3 is 2.45 bits per heavy atom. The van der Waals surface area contributed by atoms with Gasteiger partial charge in [-0.05, 0) is 42.8 Å². The van der Waals surface area contributed by atoms with Crippen LogP contribution in [0.4, 0.5) is 10.1 Å². The van der Waals surface area contributed by atoms with Gasteiger partial charge in [0.25, 0.3) is 11.6 Å². The van der Waals surface area contributed by atoms with Gasteiger partial charge in [0.15, 0.2) is 0 Å². The molecular weight excluding hydrogens is 289 g/mol. The summed E-state index contributed by atoms with van der Waals surface area (Å²) in [5, 5.41) is 14.5. The van der Waals surface area contributed by atoms with Gasteiger partial charge in [-0.2, -0.15) is 5.10 Å². The first kappa shape index (κ1) is 15.3. The number of carbonyl (C=O) groups is 1. The van der Waals surface area contributed by atoms with Crippen LogP contribution >= 0.6 is 0 Å². The molecule has 0 saturated heterocycles. The monoisotopic (exact) mass is 301 g/mol. The molecule has 1 amide bonds. The lowest BCUT2D eigenvalue weighted by atomic mass is 10.1. The number of nitro groups is 1. The standard InChI is InChI=1S/C15H12FN3O3/c1-10(11-5-7-14(8-6-11)19(21)22)17-18-15(20)12-3-2-4-13(16)9-12/h2-9H,1H3,(H,18,20)/b17-10+. The molecule has 0 spiro atoms. The largest absolute Gasteiger partial charge is 0.271 e. The lowest BCUT2D eigenvalue weighted by Crippen LogP contribution is -2.19. The van der Waals surface area contributed by atoms with E-state index in [1.807, 2.05) is 0 Å². The van der Waals surface area contributed by atoms with Crippen LogP contribution in [0.3, 0.4) is 0 Å². The molecule has 112 valence electrons. The summed E-state index contributed by atoms with van der Waals surface area (Å²) in [7, 11) is 0. The minimum absolute atomic E-state index is 0.0275. The van der Waals surface area contributed by atoms with Crippen LogP contribution in [0, 0.1) is 15.9 Å². The van der Waals surface area contributed by atoms with E-state index in [0.717, 1.165) is 6.07 Å². The number of hydrogen-bond donors (Lipinski definition) is 1. The van der Waals surface area contributed by atoms with Gasteiger partial charge in [0.05, 0.1) is 10.6 Å². The lowest BCUT2D eigenvalue weighted by Gasteiger charge is -2.03. The molecule has 0 saturated carbocycles. The van der Waals surface area contributed by atoms with E-state index >= 15 is 0 Å². The van der Waals surface area contributed by atoms with Crippen molar-refractivity contribution in [2.24, 2.45) is 5.10 Å². The van der Waals surface area contributed by atoms with Crippen LogP contribution in [-0.2, 0) is 0 Å². The quantitative estimate of drug-likeness (QED) is 0.535. The minimum atomic E-state index is -0.541. The van der Waals surface area contributed by atoms with Gasteiger partial charge in [-0.3, -0.25) is 14.9 Å². The molecule has 0 radical (unpaired) electrons. The maximum atomic E-state index is 13.0. The summed E-state index contributed by atoms with van der Waals surface area (Å²) in [6.07, 6.45) is 0. The van der Waals surface area contributed by atoms with Crippen molar-refractivity contribution in [2.45, 2.75) is 6.92 Å². The van der Waals surface area contributed by atoms with Gasteiger partial charge < -0.3 is 0 Å². The third-order valence-electron chi connectivity index (χ3n) is 2.91. The van der Waals surface area contributed by atoms with Gasteiger partial charge >= 0.3 is 0 Å². The van der Waals surface area contributed by atoms with E-state index in [0.29, 0.717) is 11.3 Å². The van der Waals surface area contributed by atoms with Crippen LogP contribution in [0.2, 0.25) is 0 Å². The number of halogens is 1. The molecule has 1 N–H and O–H groups in total. The Bertz CT molecular complexity index is 742. The average molecular weight is 301 g/mol. The number of nitro benzene ring substituents is 1. The molecule has 0 atom stereocenters. The highest BCUT2D eigenvalue weighted by Gasteiger charge is 2.07. The number of benzene rings is 2. The van der Waals surface area contributed by atoms with Crippen molar-refractivity contribution in [3.8, 4) is 0 Å². The van der Waals surface area contributed by atoms with Crippen LogP contribution in [0.5, 0.6) is 0 Å². The van der Waals surface area contributed by atoms with Gasteiger partial charge in [0.1, 0.15) is 5.82 Å². The van der Waals surface area contributed by atoms with Crippen LogP contribution in [0.1, 0.15) is 22.8 Å². The summed E-state index contributed by atoms with van der Waals surface area (Å²) in [6.45, 7) is 1.65. The number of hydrazone groups is 1. The Morgan fingerprint density at radius 2 is 1.86 bits per heavy atom. The fourth-order valence-corrected chi connectivity index (χ4v) is 1.72. The number of nitrogens with zero attached hydrogens (tertiary/aromatic N) is 2. The second-order valence-electron chi connectivity index (χ2n) is 4.45. The fraction of sp³-hybridized carbons (Fsp3) is 0.0667. The molecular formula is C15H12FN3O3. The summed E-state index contributed by atoms with van der Waals surface area (Å²) in [4.78, 5) is 21.9. The number of carbonyl (C=O) groups excluding carboxylic acids is 1. The molecule has 2 rings (SSSR count). The van der Waals surface area contributed by atoms with Crippen molar-refractivity contribution in [3.63, 3.8) is 0 Å². The first-order chi connectivity index (χ1) is 10.5. The zero-order chi connectivity index (χ0) is 16.1. The van der Waals surface area contributed by atoms with E-state index in [1.165, 1.54) is 42.5 Å². The van der Waals surface area contributed by atoms with Crippen LogP contribution in [0.25, 0.3) is 0 Å². The van der Waals surface area contributed by atoms with Crippen LogP contribution in [-0.4, -0.2) is 16.5 Å². The Balaban J connectivity index is 2.09. The van der Waals surface area contributed by atoms with Gasteiger partial charge in [-0.15, -0.1) is 0 Å². The fourth-order valence-electron chi connectivity index (χ4n) is 1.72. The van der Waals surface area contributed by atoms with E-state index < -0.39 is 16.6 Å². The average Bonchev–Trinajstić information content (AvgIpc) is 2.52. The molecule has 0 fully saturated rings. The zero-order valence-electron chi connectivity index (χ0n) is 11.6. The number of non-ortho nitro benzene ring substituents is 1. The van der Waals surface area contributed by atoms with Crippen molar-refractivity contribution < 1.29 is 14.1 Å². The molecule has 0 heterocycles. The topological polar surface area (TPSA) is 84.6 Å². The van der Waals surface area contributed by atoms with Gasteiger partial charge in [-0.1, -0.05) is 6.07 Å². The number of nitrogens with one attached hydrogen (secondary N) is 1. The van der Waals surface area contributed by atoms with Crippen molar-refractivity contribution in [1.29, 1.82) is 0 Å². The van der Waals surface area contributed by atoms with E-state index in [4.69, 9.17) is 0 Å². The highest BCUT2D eigenvalue weighted by atomic mass is 19.1. The van der Waals surface area contributed by atoms with Crippen LogP contribution < -0.4 is 5.43 Å². The molecule has 0 bridgehead atoms. The molecule has 0 unspecified atom stereocenters. The SMILES string of the molecule is C/C(=N\NC(=O)c1cccc(F)c1)c1ccc([N+](=O)[O-])cc1. The van der Waals surface area contributed by atoms with E-state index in [-0.39, 0.29) is 11.3 Å². The maximum absolute atomic E-state index is 13.0. The van der Waals surface area contributed by atoms with Gasteiger partial charge in [0.2, 0.25) is 0 Å². The Morgan fingerprint density at radius 1 is 1.18 bits per heavy atom. The molecule has 0 aliphatic heterocycles. The van der Waals surface area contributed by atoms with E-state index in [2.05, 4.69) is 10.5 Å². The maximum Gasteiger partial charge on any atom is 0.271 e. The van der Waals surface area contributed by atoms with E-state index in [1.54, 1.807) is 6.92 Å². The highest BCUT2D eigenvalue weighted by Crippen LogP contribution is 2.12. The smallest absolute Gasteiger partial charge is 0.267 e. The first-order valence-corrected chi connectivity index (χ1v) is 6.32. The number of hydrogen-bond acceptors (Lipinski definition) is 4. The second-order valence-corrected chi connectivity index (χ2v) is 4.45. The summed E-state index contributed by atoms with van der Waals surface area (Å²) >= 11 is 0. The molecule has 2 aromatic rings. The number of amides is 1. The Hall–Kier alpha value is -3.09. The first-order valence-electron chi connectivity index (χ1n) is 6.32. The number of rotatable bonds is 4. The summed E-state index contributed by atoms with van der Waals surface area (Å²) in [6, 6.07) is 11.0. The molecule has 0 aliphatic carbocycles. The third kappa shape index (κ3) is 3.72. The normalized spacial score (nSPS) is 11.1. The summed E-state index contributed by atoms with van der Waals surface area (Å²) < 4.78 is 13.0. The summed E-state index contributed by atoms with van der Waals surface area (Å²) in [5.41, 5.74) is 3.54. The Labute approximate surface area is 125 Å². The van der Waals surface area contributed by atoms with Crippen molar-refractivity contribution in [1.82, 2.24) is 5.43 Å². The van der Waals surface area contributed by atoms with Gasteiger partial charge in [0, 0.05) is 17.7 Å².